The zero-order valence-corrected chi connectivity index (χ0v) is 12.5. The molecule has 0 aromatic carbocycles. The van der Waals surface area contributed by atoms with Crippen LogP contribution >= 0.6 is 0 Å². The Balaban J connectivity index is 2.28. The molecule has 0 spiro atoms. The Morgan fingerprint density at radius 3 is 2.81 bits per heavy atom. The van der Waals surface area contributed by atoms with Gasteiger partial charge in [0, 0.05) is 11.8 Å². The lowest BCUT2D eigenvalue weighted by Gasteiger charge is -2.25. The van der Waals surface area contributed by atoms with E-state index >= 15 is 0 Å². The van der Waals surface area contributed by atoms with Gasteiger partial charge in [-0.25, -0.2) is 4.98 Å². The Labute approximate surface area is 123 Å². The summed E-state index contributed by atoms with van der Waals surface area (Å²) in [4.78, 5) is 17.5. The quantitative estimate of drug-likeness (QED) is 0.879. The van der Waals surface area contributed by atoms with E-state index < -0.39 is 6.10 Å². The number of aliphatic hydroxyl groups is 1. The van der Waals surface area contributed by atoms with Crippen LogP contribution in [0.15, 0.2) is 23.1 Å². The monoisotopic (exact) mass is 287 g/mol. The summed E-state index contributed by atoms with van der Waals surface area (Å²) in [6.07, 6.45) is 2.85. The zero-order chi connectivity index (χ0) is 15.0. The summed E-state index contributed by atoms with van der Waals surface area (Å²) in [6, 6.07) is 3.79. The maximum Gasteiger partial charge on any atom is 0.261 e. The first-order valence-electron chi connectivity index (χ1n) is 7.50. The largest absolute Gasteiger partial charge is 0.387 e. The van der Waals surface area contributed by atoms with E-state index in [1.54, 1.807) is 17.5 Å². The van der Waals surface area contributed by atoms with Gasteiger partial charge in [-0.2, -0.15) is 0 Å². The minimum Gasteiger partial charge on any atom is -0.387 e. The Hall–Kier alpha value is -1.72. The Morgan fingerprint density at radius 2 is 2.14 bits per heavy atom. The molecule has 2 aromatic heterocycles. The van der Waals surface area contributed by atoms with Crippen molar-refractivity contribution in [3.8, 4) is 0 Å². The first-order valence-corrected chi connectivity index (χ1v) is 7.50. The van der Waals surface area contributed by atoms with E-state index in [1.165, 1.54) is 0 Å². The van der Waals surface area contributed by atoms with E-state index in [2.05, 4.69) is 10.3 Å². The number of hydrogen-bond acceptors (Lipinski definition) is 4. The molecule has 0 radical (unpaired) electrons. The highest BCUT2D eigenvalue weighted by Crippen LogP contribution is 2.28. The molecule has 0 saturated carbocycles. The minimum absolute atomic E-state index is 0.0356. The average molecular weight is 287 g/mol. The van der Waals surface area contributed by atoms with Crippen LogP contribution in [0.2, 0.25) is 0 Å². The van der Waals surface area contributed by atoms with Crippen molar-refractivity contribution in [1.82, 2.24) is 14.7 Å². The molecular formula is C16H21N3O2. The van der Waals surface area contributed by atoms with Crippen molar-refractivity contribution in [3.05, 3.63) is 45.5 Å². The van der Waals surface area contributed by atoms with Gasteiger partial charge in [-0.1, -0.05) is 6.07 Å². The number of nitrogens with zero attached hydrogens (tertiary/aromatic N) is 2. The second-order valence-electron chi connectivity index (χ2n) is 5.80. The number of nitrogens with one attached hydrogen (secondary N) is 1. The van der Waals surface area contributed by atoms with Gasteiger partial charge in [0.2, 0.25) is 0 Å². The molecule has 1 fully saturated rings. The minimum atomic E-state index is -0.729. The molecule has 0 bridgehead atoms. The van der Waals surface area contributed by atoms with Gasteiger partial charge in [-0.05, 0) is 57.3 Å². The lowest BCUT2D eigenvalue weighted by molar-refractivity contribution is 0.191. The smallest absolute Gasteiger partial charge is 0.261 e. The third-order valence-electron chi connectivity index (χ3n) is 4.26. The van der Waals surface area contributed by atoms with Crippen LogP contribution in [-0.2, 0) is 0 Å². The summed E-state index contributed by atoms with van der Waals surface area (Å²) >= 11 is 0. The molecule has 3 rings (SSSR count). The highest BCUT2D eigenvalue weighted by atomic mass is 16.3. The molecule has 1 aliphatic rings. The van der Waals surface area contributed by atoms with E-state index in [0.29, 0.717) is 16.9 Å². The molecule has 0 aliphatic carbocycles. The van der Waals surface area contributed by atoms with Crippen LogP contribution in [0.5, 0.6) is 0 Å². The fourth-order valence-electron chi connectivity index (χ4n) is 3.14. The van der Waals surface area contributed by atoms with Crippen molar-refractivity contribution in [2.75, 3.05) is 13.1 Å². The number of pyridine rings is 1. The third kappa shape index (κ3) is 2.47. The predicted molar refractivity (Wildman–Crippen MR) is 81.7 cm³/mol. The Bertz CT molecular complexity index is 715. The molecule has 5 heteroatoms. The molecule has 1 atom stereocenters. The van der Waals surface area contributed by atoms with Crippen LogP contribution in [0, 0.1) is 6.92 Å². The van der Waals surface area contributed by atoms with Gasteiger partial charge < -0.3 is 10.4 Å². The molecular weight excluding hydrogens is 266 g/mol. The van der Waals surface area contributed by atoms with E-state index in [-0.39, 0.29) is 11.5 Å². The van der Waals surface area contributed by atoms with Crippen LogP contribution < -0.4 is 10.9 Å². The normalized spacial score (nSPS) is 18.0. The average Bonchev–Trinajstić information content (AvgIpc) is 2.48. The molecule has 1 saturated heterocycles. The van der Waals surface area contributed by atoms with Crippen molar-refractivity contribution < 1.29 is 5.11 Å². The Morgan fingerprint density at radius 1 is 1.43 bits per heavy atom. The highest BCUT2D eigenvalue weighted by molar-refractivity contribution is 5.49. The molecule has 3 heterocycles. The van der Waals surface area contributed by atoms with E-state index in [9.17, 15) is 9.90 Å². The van der Waals surface area contributed by atoms with Gasteiger partial charge in [0.15, 0.2) is 0 Å². The fourth-order valence-corrected chi connectivity index (χ4v) is 3.14. The van der Waals surface area contributed by atoms with Crippen LogP contribution in [0.1, 0.15) is 48.6 Å². The summed E-state index contributed by atoms with van der Waals surface area (Å²) in [5, 5.41) is 13.4. The van der Waals surface area contributed by atoms with Crippen molar-refractivity contribution in [2.45, 2.75) is 38.7 Å². The van der Waals surface area contributed by atoms with Crippen LogP contribution in [0.25, 0.3) is 5.65 Å². The predicted octanol–water partition coefficient (Wildman–Crippen LogP) is 1.52. The topological polar surface area (TPSA) is 66.6 Å². The Kier molecular flexibility index (Phi) is 3.78. The fraction of sp³-hybridized carbons (Fsp3) is 0.500. The van der Waals surface area contributed by atoms with E-state index in [4.69, 9.17) is 0 Å². The van der Waals surface area contributed by atoms with E-state index in [0.717, 1.165) is 31.5 Å². The number of aromatic nitrogens is 2. The molecule has 112 valence electrons. The molecule has 1 aliphatic heterocycles. The van der Waals surface area contributed by atoms with Crippen molar-refractivity contribution >= 4 is 5.65 Å². The van der Waals surface area contributed by atoms with Crippen LogP contribution in [-0.4, -0.2) is 27.6 Å². The van der Waals surface area contributed by atoms with Crippen LogP contribution in [0.4, 0.5) is 0 Å². The number of hydrogen-bond donors (Lipinski definition) is 2. The lowest BCUT2D eigenvalue weighted by Crippen LogP contribution is -2.32. The summed E-state index contributed by atoms with van der Waals surface area (Å²) < 4.78 is 1.61. The number of aryl methyl sites for hydroxylation is 1. The van der Waals surface area contributed by atoms with Gasteiger partial charge in [0.05, 0.1) is 11.8 Å². The number of piperidine rings is 1. The molecule has 2 N–H and O–H groups in total. The first kappa shape index (κ1) is 14.2. The van der Waals surface area contributed by atoms with Gasteiger partial charge in [-0.3, -0.25) is 9.20 Å². The van der Waals surface area contributed by atoms with Gasteiger partial charge >= 0.3 is 0 Å². The highest BCUT2D eigenvalue weighted by Gasteiger charge is 2.25. The third-order valence-corrected chi connectivity index (χ3v) is 4.26. The van der Waals surface area contributed by atoms with Crippen molar-refractivity contribution in [2.24, 2.45) is 0 Å². The van der Waals surface area contributed by atoms with Gasteiger partial charge in [-0.15, -0.1) is 0 Å². The lowest BCUT2D eigenvalue weighted by atomic mass is 9.88. The summed E-state index contributed by atoms with van der Waals surface area (Å²) in [5.41, 5.74) is 2.77. The summed E-state index contributed by atoms with van der Waals surface area (Å²) in [5.74, 6) is 0.174. The maximum absolute atomic E-state index is 12.9. The molecule has 1 unspecified atom stereocenters. The second kappa shape index (κ2) is 5.58. The van der Waals surface area contributed by atoms with Crippen molar-refractivity contribution in [3.63, 3.8) is 0 Å². The van der Waals surface area contributed by atoms with E-state index in [1.807, 2.05) is 19.1 Å². The second-order valence-corrected chi connectivity index (χ2v) is 5.80. The first-order chi connectivity index (χ1) is 10.1. The van der Waals surface area contributed by atoms with Crippen LogP contribution in [0.3, 0.4) is 0 Å². The zero-order valence-electron chi connectivity index (χ0n) is 12.5. The number of fused-ring (bicyclic) bond motifs is 1. The number of aliphatic hydroxyl groups excluding tert-OH is 1. The summed E-state index contributed by atoms with van der Waals surface area (Å²) in [6.45, 7) is 5.42. The molecule has 0 amide bonds. The molecule has 2 aromatic rings. The summed E-state index contributed by atoms with van der Waals surface area (Å²) in [7, 11) is 0. The maximum atomic E-state index is 12.9. The number of rotatable bonds is 2. The SMILES string of the molecule is Cc1cccn2c(=O)c(C3CCNCC3)c(C(C)O)nc12. The standard InChI is InChI=1S/C16H21N3O2/c1-10-4-3-9-19-15(10)18-14(11(2)20)13(16(19)21)12-5-7-17-8-6-12/h3-4,9,11-12,17,20H,5-8H2,1-2H3. The van der Waals surface area contributed by atoms with Gasteiger partial charge in [0.25, 0.3) is 5.56 Å². The van der Waals surface area contributed by atoms with Crippen molar-refractivity contribution in [1.29, 1.82) is 0 Å². The molecule has 21 heavy (non-hydrogen) atoms. The van der Waals surface area contributed by atoms with Gasteiger partial charge in [0.1, 0.15) is 5.65 Å². The molecule has 5 nitrogen and oxygen atoms in total.